The number of carboxylic acids is 2. The molecule has 0 unspecified atom stereocenters. The predicted octanol–water partition coefficient (Wildman–Crippen LogP) is 4.81. The Kier molecular flexibility index (Phi) is 8.07. The first kappa shape index (κ1) is 25.0. The van der Waals surface area contributed by atoms with Crippen LogP contribution >= 0.6 is 11.6 Å². The topological polar surface area (TPSA) is 122 Å². The van der Waals surface area contributed by atoms with Crippen molar-refractivity contribution in [2.24, 2.45) is 0 Å². The molecule has 1 aromatic heterocycles. The van der Waals surface area contributed by atoms with Crippen LogP contribution in [0.3, 0.4) is 0 Å². The molecule has 0 fully saturated rings. The Balaban J connectivity index is 1.82. The number of aryl methyl sites for hydroxylation is 2. The lowest BCUT2D eigenvalue weighted by Crippen LogP contribution is -2.18. The van der Waals surface area contributed by atoms with E-state index in [0.717, 1.165) is 24.2 Å². The first-order chi connectivity index (χ1) is 16.2. The average Bonchev–Trinajstić information content (AvgIpc) is 3.06. The van der Waals surface area contributed by atoms with E-state index < -0.39 is 17.8 Å². The van der Waals surface area contributed by atoms with Crippen LogP contribution in [0.5, 0.6) is 0 Å². The van der Waals surface area contributed by atoms with Gasteiger partial charge in [0.1, 0.15) is 5.82 Å². The molecule has 178 valence electrons. The number of hydrogen-bond acceptors (Lipinski definition) is 4. The number of aromatic carboxylic acids is 1. The van der Waals surface area contributed by atoms with E-state index in [9.17, 15) is 24.6 Å². The molecule has 0 bridgehead atoms. The Bertz CT molecular complexity index is 1220. The van der Waals surface area contributed by atoms with Crippen LogP contribution in [0.25, 0.3) is 0 Å². The van der Waals surface area contributed by atoms with Crippen LogP contribution in [0, 0.1) is 6.92 Å². The van der Waals surface area contributed by atoms with Crippen molar-refractivity contribution in [3.05, 3.63) is 81.4 Å². The number of carbonyl (C=O) groups excluding carboxylic acids is 1. The fourth-order valence-corrected chi connectivity index (χ4v) is 4.01. The van der Waals surface area contributed by atoms with E-state index in [1.807, 2.05) is 16.7 Å². The number of halogens is 1. The Morgan fingerprint density at radius 1 is 1.09 bits per heavy atom. The molecule has 0 saturated heterocycles. The highest BCUT2D eigenvalue weighted by Gasteiger charge is 2.20. The number of amides is 1. The largest absolute Gasteiger partial charge is 0.481 e. The number of aromatic nitrogens is 2. The van der Waals surface area contributed by atoms with Gasteiger partial charge >= 0.3 is 11.9 Å². The minimum atomic E-state index is -1.17. The second-order valence-corrected chi connectivity index (χ2v) is 8.34. The zero-order valence-corrected chi connectivity index (χ0v) is 19.7. The molecule has 0 aliphatic carbocycles. The van der Waals surface area contributed by atoms with Crippen LogP contribution in [0.1, 0.15) is 63.1 Å². The number of carboxylic acid groups (broad SMARTS) is 2. The van der Waals surface area contributed by atoms with Gasteiger partial charge < -0.3 is 20.1 Å². The molecule has 1 amide bonds. The molecule has 34 heavy (non-hydrogen) atoms. The molecule has 8 nitrogen and oxygen atoms in total. The Morgan fingerprint density at radius 2 is 1.79 bits per heavy atom. The van der Waals surface area contributed by atoms with Crippen molar-refractivity contribution < 1.29 is 24.6 Å². The van der Waals surface area contributed by atoms with E-state index in [0.29, 0.717) is 29.9 Å². The number of rotatable bonds is 10. The van der Waals surface area contributed by atoms with Gasteiger partial charge in [0.15, 0.2) is 5.15 Å². The molecule has 0 radical (unpaired) electrons. The summed E-state index contributed by atoms with van der Waals surface area (Å²) in [7, 11) is 0. The van der Waals surface area contributed by atoms with E-state index in [4.69, 9.17) is 11.6 Å². The second-order valence-electron chi connectivity index (χ2n) is 7.98. The summed E-state index contributed by atoms with van der Waals surface area (Å²) in [4.78, 5) is 40.0. The number of nitrogens with zero attached hydrogens (tertiary/aromatic N) is 2. The fourth-order valence-electron chi connectivity index (χ4n) is 3.75. The molecule has 0 aliphatic rings. The van der Waals surface area contributed by atoms with Crippen molar-refractivity contribution in [2.45, 2.75) is 46.1 Å². The van der Waals surface area contributed by atoms with Crippen LogP contribution in [0.15, 0.2) is 42.5 Å². The molecule has 0 aliphatic heterocycles. The van der Waals surface area contributed by atoms with Crippen LogP contribution in [0.4, 0.5) is 5.69 Å². The highest BCUT2D eigenvalue weighted by molar-refractivity contribution is 6.30. The maximum atomic E-state index is 12.8. The maximum Gasteiger partial charge on any atom is 0.336 e. The zero-order chi connectivity index (χ0) is 24.8. The van der Waals surface area contributed by atoms with Crippen molar-refractivity contribution in [1.29, 1.82) is 0 Å². The SMILES string of the molecule is CCCCc1nc(Cl)c(CC(=O)O)n1Cc1ccc(NC(=O)c2c(C)cccc2C(=O)O)cc1. The summed E-state index contributed by atoms with van der Waals surface area (Å²) in [6, 6.07) is 11.7. The number of aliphatic carboxylic acids is 1. The van der Waals surface area contributed by atoms with Gasteiger partial charge in [0.2, 0.25) is 0 Å². The van der Waals surface area contributed by atoms with Gasteiger partial charge in [-0.1, -0.05) is 49.2 Å². The predicted molar refractivity (Wildman–Crippen MR) is 129 cm³/mol. The molecule has 3 N–H and O–H groups in total. The summed E-state index contributed by atoms with van der Waals surface area (Å²) in [5, 5.41) is 21.6. The first-order valence-corrected chi connectivity index (χ1v) is 11.3. The number of unbranched alkanes of at least 4 members (excludes halogenated alkanes) is 1. The number of hydrogen-bond donors (Lipinski definition) is 3. The quantitative estimate of drug-likeness (QED) is 0.380. The summed E-state index contributed by atoms with van der Waals surface area (Å²) >= 11 is 6.24. The second kappa shape index (κ2) is 11.0. The van der Waals surface area contributed by atoms with Gasteiger partial charge in [-0.3, -0.25) is 9.59 Å². The fraction of sp³-hybridized carbons (Fsp3) is 0.280. The molecule has 3 aromatic rings. The third kappa shape index (κ3) is 5.82. The van der Waals surface area contributed by atoms with Crippen LogP contribution in [-0.2, 0) is 24.2 Å². The Morgan fingerprint density at radius 3 is 2.41 bits per heavy atom. The third-order valence-electron chi connectivity index (χ3n) is 5.46. The summed E-state index contributed by atoms with van der Waals surface area (Å²) in [6.07, 6.45) is 2.33. The van der Waals surface area contributed by atoms with Crippen LogP contribution in [0.2, 0.25) is 5.15 Å². The lowest BCUT2D eigenvalue weighted by molar-refractivity contribution is -0.136. The number of carbonyl (C=O) groups is 3. The number of imidazole rings is 1. The Hall–Kier alpha value is -3.65. The van der Waals surface area contributed by atoms with Gasteiger partial charge in [0.05, 0.1) is 23.2 Å². The average molecular weight is 484 g/mol. The molecule has 2 aromatic carbocycles. The van der Waals surface area contributed by atoms with E-state index in [-0.39, 0.29) is 22.7 Å². The number of benzene rings is 2. The van der Waals surface area contributed by atoms with Crippen molar-refractivity contribution in [2.75, 3.05) is 5.32 Å². The minimum absolute atomic E-state index is 0.0586. The molecule has 0 spiro atoms. The number of anilines is 1. The smallest absolute Gasteiger partial charge is 0.336 e. The van der Waals surface area contributed by atoms with Gasteiger partial charge in [0, 0.05) is 18.7 Å². The highest BCUT2D eigenvalue weighted by atomic mass is 35.5. The summed E-state index contributed by atoms with van der Waals surface area (Å²) in [5.74, 6) is -1.92. The molecular formula is C25H26ClN3O5. The molecule has 9 heteroatoms. The van der Waals surface area contributed by atoms with E-state index >= 15 is 0 Å². The molecule has 1 heterocycles. The van der Waals surface area contributed by atoms with Gasteiger partial charge in [0.25, 0.3) is 5.91 Å². The van der Waals surface area contributed by atoms with Gasteiger partial charge in [-0.15, -0.1) is 0 Å². The van der Waals surface area contributed by atoms with E-state index in [2.05, 4.69) is 17.2 Å². The maximum absolute atomic E-state index is 12.8. The summed E-state index contributed by atoms with van der Waals surface area (Å²) in [5.41, 5.74) is 2.46. The van der Waals surface area contributed by atoms with E-state index in [1.165, 1.54) is 6.07 Å². The zero-order valence-electron chi connectivity index (χ0n) is 19.0. The summed E-state index contributed by atoms with van der Waals surface area (Å²) < 4.78 is 1.84. The van der Waals surface area contributed by atoms with Gasteiger partial charge in [-0.05, 0) is 42.7 Å². The Labute approximate surface area is 202 Å². The van der Waals surface area contributed by atoms with Crippen molar-refractivity contribution >= 4 is 35.1 Å². The molecule has 3 rings (SSSR count). The third-order valence-corrected chi connectivity index (χ3v) is 5.76. The van der Waals surface area contributed by atoms with Gasteiger partial charge in [-0.25, -0.2) is 9.78 Å². The lowest BCUT2D eigenvalue weighted by Gasteiger charge is -2.13. The summed E-state index contributed by atoms with van der Waals surface area (Å²) in [6.45, 7) is 4.14. The van der Waals surface area contributed by atoms with Crippen molar-refractivity contribution in [3.63, 3.8) is 0 Å². The molecule has 0 saturated carbocycles. The molecule has 0 atom stereocenters. The van der Waals surface area contributed by atoms with Crippen molar-refractivity contribution in [3.8, 4) is 0 Å². The standard InChI is InChI=1S/C25H26ClN3O5/c1-3-4-8-20-28-23(26)19(13-21(30)31)29(20)14-16-9-11-17(12-10-16)27-24(32)22-15(2)6-5-7-18(22)25(33)34/h5-7,9-12H,3-4,8,13-14H2,1-2H3,(H,27,32)(H,30,31)(H,33,34). The first-order valence-electron chi connectivity index (χ1n) is 10.9. The van der Waals surface area contributed by atoms with Crippen molar-refractivity contribution in [1.82, 2.24) is 9.55 Å². The monoisotopic (exact) mass is 483 g/mol. The van der Waals surface area contributed by atoms with Crippen LogP contribution < -0.4 is 5.32 Å². The van der Waals surface area contributed by atoms with E-state index in [1.54, 1.807) is 31.2 Å². The minimum Gasteiger partial charge on any atom is -0.481 e. The van der Waals surface area contributed by atoms with Gasteiger partial charge in [-0.2, -0.15) is 0 Å². The highest BCUT2D eigenvalue weighted by Crippen LogP contribution is 2.23. The van der Waals surface area contributed by atoms with Crippen LogP contribution in [-0.4, -0.2) is 37.6 Å². The number of nitrogens with one attached hydrogen (secondary N) is 1. The lowest BCUT2D eigenvalue weighted by atomic mass is 10.0. The molecular weight excluding hydrogens is 458 g/mol. The normalized spacial score (nSPS) is 10.8.